The molecule has 0 atom stereocenters. The smallest absolute Gasteiger partial charge is 0.159 e. The van der Waals surface area contributed by atoms with E-state index in [4.69, 9.17) is 4.74 Å². The Morgan fingerprint density at radius 2 is 1.17 bits per heavy atom. The summed E-state index contributed by atoms with van der Waals surface area (Å²) in [7, 11) is 0. The highest BCUT2D eigenvalue weighted by Gasteiger charge is 2.05. The fraction of sp³-hybridized carbons (Fsp3) is 0.333. The second-order valence-corrected chi connectivity index (χ2v) is 9.52. The van der Waals surface area contributed by atoms with Crippen LogP contribution in [0.3, 0.4) is 0 Å². The number of aromatic nitrogens is 2. The summed E-state index contributed by atoms with van der Waals surface area (Å²) < 4.78 is 5.89. The summed E-state index contributed by atoms with van der Waals surface area (Å²) in [6.45, 7) is 2.84. The minimum absolute atomic E-state index is 0.565. The zero-order valence-electron chi connectivity index (χ0n) is 21.5. The van der Waals surface area contributed by atoms with Crippen LogP contribution in [0.1, 0.15) is 69.4 Å². The Morgan fingerprint density at radius 1 is 0.556 bits per heavy atom. The Bertz CT molecular complexity index is 1140. The van der Waals surface area contributed by atoms with Gasteiger partial charge in [0, 0.05) is 23.5 Å². The molecule has 3 aromatic carbocycles. The molecule has 0 saturated heterocycles. The Morgan fingerprint density at radius 3 is 1.83 bits per heavy atom. The van der Waals surface area contributed by atoms with Gasteiger partial charge in [-0.2, -0.15) is 0 Å². The maximum absolute atomic E-state index is 5.89. The first-order valence-electron chi connectivity index (χ1n) is 13.5. The van der Waals surface area contributed by atoms with Crippen molar-refractivity contribution in [1.82, 2.24) is 9.97 Å². The van der Waals surface area contributed by atoms with Crippen molar-refractivity contribution in [2.24, 2.45) is 0 Å². The van der Waals surface area contributed by atoms with Gasteiger partial charge in [0.25, 0.3) is 0 Å². The molecule has 0 radical (unpaired) electrons. The number of hydrogen-bond acceptors (Lipinski definition) is 3. The zero-order valence-corrected chi connectivity index (χ0v) is 21.5. The SMILES string of the molecule is CCCCCCCCCCc1ccc(-c2ncc(-c3ccc(OCc4ccccc4)cc3)cn2)cc1. The van der Waals surface area contributed by atoms with Crippen LogP contribution >= 0.6 is 0 Å². The molecule has 0 aliphatic carbocycles. The summed E-state index contributed by atoms with van der Waals surface area (Å²) in [5.41, 5.74) is 5.70. The third kappa shape index (κ3) is 8.05. The zero-order chi connectivity index (χ0) is 24.8. The summed E-state index contributed by atoms with van der Waals surface area (Å²) >= 11 is 0. The van der Waals surface area contributed by atoms with E-state index < -0.39 is 0 Å². The van der Waals surface area contributed by atoms with Crippen molar-refractivity contribution >= 4 is 0 Å². The summed E-state index contributed by atoms with van der Waals surface area (Å²) in [6.07, 6.45) is 15.8. The minimum Gasteiger partial charge on any atom is -0.489 e. The number of unbranched alkanes of at least 4 members (excludes halogenated alkanes) is 7. The molecule has 0 bridgehead atoms. The first-order chi connectivity index (χ1) is 17.8. The molecule has 0 unspecified atom stereocenters. The first kappa shape index (κ1) is 25.6. The molecule has 0 aliphatic heterocycles. The van der Waals surface area contributed by atoms with Crippen LogP contribution in [-0.2, 0) is 13.0 Å². The fourth-order valence-electron chi connectivity index (χ4n) is 4.39. The van der Waals surface area contributed by atoms with Crippen LogP contribution in [0.5, 0.6) is 5.75 Å². The van der Waals surface area contributed by atoms with E-state index in [0.29, 0.717) is 6.61 Å². The molecule has 0 aliphatic rings. The van der Waals surface area contributed by atoms with E-state index in [1.54, 1.807) is 0 Å². The van der Waals surface area contributed by atoms with E-state index in [1.807, 2.05) is 42.7 Å². The van der Waals surface area contributed by atoms with Gasteiger partial charge in [0.05, 0.1) is 0 Å². The lowest BCUT2D eigenvalue weighted by atomic mass is 10.0. The van der Waals surface area contributed by atoms with E-state index in [0.717, 1.165) is 40.2 Å². The lowest BCUT2D eigenvalue weighted by molar-refractivity contribution is 0.306. The minimum atomic E-state index is 0.565. The number of aryl methyl sites for hydroxylation is 1. The second kappa shape index (κ2) is 14.2. The molecule has 0 spiro atoms. The normalized spacial score (nSPS) is 10.9. The predicted octanol–water partition coefficient (Wildman–Crippen LogP) is 9.07. The molecule has 1 aromatic heterocycles. The standard InChI is InChI=1S/C33H38N2O/c1-2-3-4-5-6-7-8-10-13-27-16-18-30(19-17-27)33-34-24-31(25-35-33)29-20-22-32(23-21-29)36-26-28-14-11-9-12-15-28/h9,11-12,14-25H,2-8,10,13,26H2,1H3. The second-order valence-electron chi connectivity index (χ2n) is 9.52. The van der Waals surface area contributed by atoms with Crippen molar-refractivity contribution in [3.05, 3.63) is 102 Å². The van der Waals surface area contributed by atoms with Gasteiger partial charge in [-0.3, -0.25) is 0 Å². The summed E-state index contributed by atoms with van der Waals surface area (Å²) in [5, 5.41) is 0. The van der Waals surface area contributed by atoms with E-state index in [-0.39, 0.29) is 0 Å². The van der Waals surface area contributed by atoms with Gasteiger partial charge < -0.3 is 4.74 Å². The first-order valence-corrected chi connectivity index (χ1v) is 13.5. The van der Waals surface area contributed by atoms with Crippen molar-refractivity contribution in [1.29, 1.82) is 0 Å². The van der Waals surface area contributed by atoms with Gasteiger partial charge in [-0.05, 0) is 41.7 Å². The monoisotopic (exact) mass is 478 g/mol. The van der Waals surface area contributed by atoms with Crippen molar-refractivity contribution in [2.75, 3.05) is 0 Å². The van der Waals surface area contributed by atoms with Crippen LogP contribution < -0.4 is 4.74 Å². The largest absolute Gasteiger partial charge is 0.489 e. The molecule has 4 aromatic rings. The van der Waals surface area contributed by atoms with Crippen LogP contribution in [0.15, 0.2) is 91.3 Å². The summed E-state index contributed by atoms with van der Waals surface area (Å²) in [6, 6.07) is 27.0. The Kier molecular flexibility index (Phi) is 10.1. The fourth-order valence-corrected chi connectivity index (χ4v) is 4.39. The van der Waals surface area contributed by atoms with E-state index in [9.17, 15) is 0 Å². The lowest BCUT2D eigenvalue weighted by Crippen LogP contribution is -1.95. The molecule has 0 amide bonds. The topological polar surface area (TPSA) is 35.0 Å². The van der Waals surface area contributed by atoms with Crippen molar-refractivity contribution < 1.29 is 4.74 Å². The maximum Gasteiger partial charge on any atom is 0.159 e. The molecule has 1 heterocycles. The van der Waals surface area contributed by atoms with Crippen molar-refractivity contribution in [3.8, 4) is 28.3 Å². The molecule has 0 saturated carbocycles. The van der Waals surface area contributed by atoms with Crippen LogP contribution in [0, 0.1) is 0 Å². The average molecular weight is 479 g/mol. The third-order valence-electron chi connectivity index (χ3n) is 6.62. The van der Waals surface area contributed by atoms with Gasteiger partial charge in [0.1, 0.15) is 12.4 Å². The molecule has 4 rings (SSSR count). The molecule has 3 nitrogen and oxygen atoms in total. The average Bonchev–Trinajstić information content (AvgIpc) is 2.95. The molecular weight excluding hydrogens is 440 g/mol. The van der Waals surface area contributed by atoms with Gasteiger partial charge in [-0.1, -0.05) is 119 Å². The summed E-state index contributed by atoms with van der Waals surface area (Å²) in [4.78, 5) is 9.26. The van der Waals surface area contributed by atoms with Gasteiger partial charge in [0.2, 0.25) is 0 Å². The Labute approximate surface area is 216 Å². The van der Waals surface area contributed by atoms with Gasteiger partial charge >= 0.3 is 0 Å². The lowest BCUT2D eigenvalue weighted by Gasteiger charge is -2.08. The van der Waals surface area contributed by atoms with Crippen LogP contribution in [0.25, 0.3) is 22.5 Å². The Hall–Kier alpha value is -3.46. The van der Waals surface area contributed by atoms with E-state index in [1.165, 1.54) is 56.9 Å². The molecule has 186 valence electrons. The highest BCUT2D eigenvalue weighted by Crippen LogP contribution is 2.24. The third-order valence-corrected chi connectivity index (χ3v) is 6.62. The molecule has 36 heavy (non-hydrogen) atoms. The van der Waals surface area contributed by atoms with E-state index in [2.05, 4.69) is 65.4 Å². The van der Waals surface area contributed by atoms with Gasteiger partial charge in [-0.25, -0.2) is 9.97 Å². The number of nitrogens with zero attached hydrogens (tertiary/aromatic N) is 2. The molecule has 0 N–H and O–H groups in total. The van der Waals surface area contributed by atoms with Gasteiger partial charge in [0.15, 0.2) is 5.82 Å². The van der Waals surface area contributed by atoms with Crippen LogP contribution in [0.4, 0.5) is 0 Å². The predicted molar refractivity (Wildman–Crippen MR) is 150 cm³/mol. The van der Waals surface area contributed by atoms with Crippen LogP contribution in [-0.4, -0.2) is 9.97 Å². The number of hydrogen-bond donors (Lipinski definition) is 0. The summed E-state index contributed by atoms with van der Waals surface area (Å²) in [5.74, 6) is 1.62. The molecular formula is C33H38N2O. The van der Waals surface area contributed by atoms with Gasteiger partial charge in [-0.15, -0.1) is 0 Å². The number of ether oxygens (including phenoxy) is 1. The van der Waals surface area contributed by atoms with Crippen LogP contribution in [0.2, 0.25) is 0 Å². The highest BCUT2D eigenvalue weighted by atomic mass is 16.5. The molecule has 3 heteroatoms. The number of benzene rings is 3. The Balaban J connectivity index is 1.24. The van der Waals surface area contributed by atoms with Crippen molar-refractivity contribution in [3.63, 3.8) is 0 Å². The maximum atomic E-state index is 5.89. The van der Waals surface area contributed by atoms with Crippen molar-refractivity contribution in [2.45, 2.75) is 71.3 Å². The highest BCUT2D eigenvalue weighted by molar-refractivity contribution is 5.64. The van der Waals surface area contributed by atoms with E-state index >= 15 is 0 Å². The molecule has 0 fully saturated rings. The number of rotatable bonds is 14. The quantitative estimate of drug-likeness (QED) is 0.170.